The van der Waals surface area contributed by atoms with Gasteiger partial charge in [-0.15, -0.1) is 0 Å². The Morgan fingerprint density at radius 3 is 1.36 bits per heavy atom. The fraction of sp³-hybridized carbons (Fsp3) is 0.134. The van der Waals surface area contributed by atoms with E-state index in [4.69, 9.17) is 20.7 Å². The van der Waals surface area contributed by atoms with Crippen LogP contribution >= 0.6 is 0 Å². The third-order valence-corrected chi connectivity index (χ3v) is 27.1. The van der Waals surface area contributed by atoms with Crippen molar-refractivity contribution in [1.29, 1.82) is 0 Å². The average molecular weight is 1420 g/mol. The number of aryl methyl sites for hydroxylation is 1. The summed E-state index contributed by atoms with van der Waals surface area (Å²) in [6.45, 7) is 13.7. The predicted octanol–water partition coefficient (Wildman–Crippen LogP) is 18.3. The standard InChI is InChI=1S/C97H86N4OSi2/c1-68-57-93(98-66-86(68)69-35-18-11-19-36-69)101-87-52-33-32-51-84(87)85-55-54-77(65-89(85)101)102-76-38-34-37-75(64-76)99-67-100(88-56-53-70(60-90(88)99)71-58-72(95(2,3)4)61-73(59-71)96(5,6)7)94-91(103(78-39-20-12-21-40-78,79-41-22-13-23-42-79)80-43-24-14-25-44-80)62-74(97(8,9)10)63-92(94)104(81-45-26-15-27-46-81,82-47-28-16-29-48-82)83-49-30-17-31-50-83/h11-66H,1-10H3/i1D3,11D,12D,13D,14D,15D,16D,17D,18D,19D,20D,21D,22D,23D,24D,25D,26D,27D,28D,29D,30D,31D,35D,36D,39D,40D,41D,42D,43D,44D,45D,46D,47D,48D,49D,50D. The third-order valence-electron chi connectivity index (χ3n) is 18.8. The van der Waals surface area contributed by atoms with Crippen LogP contribution in [-0.4, -0.2) is 30.3 Å². The fourth-order valence-corrected chi connectivity index (χ4v) is 21.8. The highest BCUT2D eigenvalue weighted by atomic mass is 28.3. The molecule has 0 aliphatic rings. The molecule has 508 valence electrons. The molecule has 0 saturated heterocycles. The van der Waals surface area contributed by atoms with E-state index in [-0.39, 0.29) is 45.2 Å². The van der Waals surface area contributed by atoms with E-state index >= 15 is 0 Å². The quantitative estimate of drug-likeness (QED) is 0.0444. The van der Waals surface area contributed by atoms with E-state index in [0.29, 0.717) is 32.9 Å². The van der Waals surface area contributed by atoms with Gasteiger partial charge in [0.2, 0.25) is 0 Å². The maximum absolute atomic E-state index is 10.6. The van der Waals surface area contributed by atoms with E-state index in [9.17, 15) is 41.1 Å². The smallest absolute Gasteiger partial charge is 0.269 e. The van der Waals surface area contributed by atoms with Gasteiger partial charge in [0.1, 0.15) is 17.3 Å². The monoisotopic (exact) mass is 1420 g/mol. The Hall–Kier alpha value is -11.5. The molecular formula is C97H86N4OSi2. The van der Waals surface area contributed by atoms with Crippen molar-refractivity contribution in [2.24, 2.45) is 0 Å². The van der Waals surface area contributed by atoms with Crippen molar-refractivity contribution >= 4 is 90.5 Å². The summed E-state index contributed by atoms with van der Waals surface area (Å²) in [4.78, 5) is 4.75. The minimum Gasteiger partial charge on any atom is -0.458 e. The SMILES string of the molecule is [2H]c1c([2H])c([2H])c(-c2cnc(-n3c4ccccc4c4ccc(Oc5cccc(-n6[c-][n+](-c7c([Si](c8c([2H])c([2H])c([2H])c([2H])c8[2H])(c8c([2H])c([2H])c([2H])c([2H])c8[2H])c8c([2H])c([2H])c([2H])c([2H])c8[2H])cc(C(C)(C)C)cc7[Si](c7c([2H])c([2H])c([2H])c([2H])c7[2H])(c7c([2H])c([2H])c([2H])c([2H])c7[2H])c7c([2H])c([2H])c([2H])c([2H])c7[2H])c7ccc(-c8cc(C(C)(C)C)cc(C(C)(C)C)c8)cc76)c5)cc43)cc2C([2H])([2H])[2H])c([2H])c1[2H]. The van der Waals surface area contributed by atoms with Gasteiger partial charge in [-0.1, -0.05) is 341 Å². The van der Waals surface area contributed by atoms with Crippen molar-refractivity contribution < 1.29 is 61.4 Å². The second kappa shape index (κ2) is 26.7. The van der Waals surface area contributed by atoms with Crippen LogP contribution in [-0.2, 0) is 16.2 Å². The van der Waals surface area contributed by atoms with Gasteiger partial charge in [-0.05, 0) is 152 Å². The van der Waals surface area contributed by atoms with Crippen LogP contribution in [0, 0.1) is 13.2 Å². The molecule has 5 nitrogen and oxygen atoms in total. The summed E-state index contributed by atoms with van der Waals surface area (Å²) in [5.74, 6) is 0.0835. The molecule has 3 heterocycles. The highest BCUT2D eigenvalue weighted by Crippen LogP contribution is 2.39. The minimum atomic E-state index is -6.96. The van der Waals surface area contributed by atoms with Crippen LogP contribution in [0.25, 0.3) is 72.3 Å². The first-order chi connectivity index (χ1) is 66.1. The molecule has 0 N–H and O–H groups in total. The molecule has 0 aliphatic heterocycles. The first-order valence-corrected chi connectivity index (χ1v) is 37.3. The van der Waals surface area contributed by atoms with Gasteiger partial charge >= 0.3 is 0 Å². The number of hydrogen-bond donors (Lipinski definition) is 0. The lowest BCUT2D eigenvalue weighted by Gasteiger charge is -2.42. The summed E-state index contributed by atoms with van der Waals surface area (Å²) >= 11 is 0. The molecule has 0 radical (unpaired) electrons. The molecule has 0 bridgehead atoms. The lowest BCUT2D eigenvalue weighted by atomic mass is 9.79. The van der Waals surface area contributed by atoms with Crippen LogP contribution in [0.4, 0.5) is 0 Å². The van der Waals surface area contributed by atoms with E-state index in [1.54, 1.807) is 71.3 Å². The van der Waals surface area contributed by atoms with E-state index in [1.165, 1.54) is 55.7 Å². The van der Waals surface area contributed by atoms with Gasteiger partial charge in [-0.2, -0.15) is 0 Å². The maximum Gasteiger partial charge on any atom is 0.269 e. The summed E-state index contributed by atoms with van der Waals surface area (Å²) in [7, 11) is -13.9. The van der Waals surface area contributed by atoms with Crippen LogP contribution in [0.5, 0.6) is 11.5 Å². The summed E-state index contributed by atoms with van der Waals surface area (Å²) in [5.41, 5.74) is -1.72. The molecule has 7 heteroatoms. The lowest BCUT2D eigenvalue weighted by molar-refractivity contribution is -0.570. The van der Waals surface area contributed by atoms with E-state index in [2.05, 4.69) is 12.4 Å². The number of benzene rings is 13. The highest BCUT2D eigenvalue weighted by molar-refractivity contribution is 7.22. The summed E-state index contributed by atoms with van der Waals surface area (Å²) in [5, 5.41) is -7.32. The number of nitrogens with zero attached hydrogens (tertiary/aromatic N) is 4. The van der Waals surface area contributed by atoms with Crippen LogP contribution in [0.2, 0.25) is 0 Å². The Morgan fingerprint density at radius 2 is 0.865 bits per heavy atom. The maximum atomic E-state index is 10.6. The van der Waals surface area contributed by atoms with Crippen molar-refractivity contribution in [2.75, 3.05) is 0 Å². The molecule has 0 atom stereocenters. The Kier molecular flexibility index (Phi) is 9.40. The van der Waals surface area contributed by atoms with Crippen LogP contribution in [0.3, 0.4) is 0 Å². The van der Waals surface area contributed by atoms with Gasteiger partial charge in [0.25, 0.3) is 6.33 Å². The van der Waals surface area contributed by atoms with Gasteiger partial charge in [0.05, 0.1) is 81.4 Å². The lowest BCUT2D eigenvalue weighted by Crippen LogP contribution is -2.80. The number of pyridine rings is 1. The second-order valence-electron chi connectivity index (χ2n) is 28.2. The number of aromatic nitrogens is 4. The molecular weight excluding hydrogens is 1290 g/mol. The van der Waals surface area contributed by atoms with E-state index in [1.807, 2.05) is 59.7 Å². The highest BCUT2D eigenvalue weighted by Gasteiger charge is 2.50. The summed E-state index contributed by atoms with van der Waals surface area (Å²) in [6.07, 6.45) is 4.59. The van der Waals surface area contributed by atoms with Gasteiger partial charge in [0, 0.05) is 32.7 Å². The third kappa shape index (κ3) is 11.9. The van der Waals surface area contributed by atoms with Gasteiger partial charge in [-0.25, -0.2) is 4.98 Å². The first-order valence-electron chi connectivity index (χ1n) is 52.3. The topological polar surface area (TPSA) is 35.9 Å². The van der Waals surface area contributed by atoms with Crippen molar-refractivity contribution in [3.8, 4) is 50.9 Å². The molecule has 0 unspecified atom stereocenters. The van der Waals surface area contributed by atoms with Gasteiger partial charge in [-0.3, -0.25) is 13.7 Å². The number of para-hydroxylation sites is 1. The summed E-state index contributed by atoms with van der Waals surface area (Å²) < 4.78 is 383. The molecule has 0 aliphatic carbocycles. The number of hydrogen-bond acceptors (Lipinski definition) is 2. The first kappa shape index (κ1) is 36.6. The number of rotatable bonds is 15. The predicted molar refractivity (Wildman–Crippen MR) is 441 cm³/mol. The average Bonchev–Trinajstić information content (AvgIpc) is 0.843. The van der Waals surface area contributed by atoms with E-state index in [0.717, 1.165) is 21.9 Å². The Balaban J connectivity index is 1.17. The van der Waals surface area contributed by atoms with Crippen molar-refractivity contribution in [1.82, 2.24) is 14.1 Å². The molecule has 3 aromatic heterocycles. The fourth-order valence-electron chi connectivity index (χ4n) is 13.6. The molecule has 13 aromatic carbocycles. The Labute approximate surface area is 668 Å². The Morgan fingerprint density at radius 1 is 0.404 bits per heavy atom. The zero-order valence-electron chi connectivity index (χ0n) is 95.8. The van der Waals surface area contributed by atoms with Crippen molar-refractivity contribution in [3.63, 3.8) is 0 Å². The van der Waals surface area contributed by atoms with Gasteiger partial charge < -0.3 is 4.74 Å². The van der Waals surface area contributed by atoms with Crippen LogP contribution in [0.1, 0.15) is 137 Å². The van der Waals surface area contributed by atoms with Crippen molar-refractivity contribution in [2.45, 2.75) is 85.4 Å². The van der Waals surface area contributed by atoms with Crippen LogP contribution < -0.4 is 50.8 Å². The molecule has 0 fully saturated rings. The molecule has 16 aromatic rings. The number of imidazole rings is 1. The minimum absolute atomic E-state index is 0.000833. The number of fused-ring (bicyclic) bond motifs is 4. The second-order valence-corrected chi connectivity index (χ2v) is 35.2. The molecule has 104 heavy (non-hydrogen) atoms. The molecule has 0 amide bonds. The molecule has 0 saturated carbocycles. The van der Waals surface area contributed by atoms with Crippen molar-refractivity contribution in [3.05, 3.63) is 368 Å². The largest absolute Gasteiger partial charge is 0.458 e. The zero-order valence-corrected chi connectivity index (χ0v) is 59.8. The van der Waals surface area contributed by atoms with E-state index < -0.39 is 309 Å². The van der Waals surface area contributed by atoms with Gasteiger partial charge in [0.15, 0.2) is 16.1 Å². The zero-order chi connectivity index (χ0) is 104. The van der Waals surface area contributed by atoms with Crippen LogP contribution in [0.15, 0.2) is 339 Å². The number of ether oxygens (including phenoxy) is 1. The normalized spacial score (nSPS) is 17.6. The molecule has 16 rings (SSSR count). The Bertz CT molecular complexity index is 7400. The summed E-state index contributed by atoms with van der Waals surface area (Å²) in [6, 6.07) is -8.47. The molecule has 0 spiro atoms.